The van der Waals surface area contributed by atoms with Crippen LogP contribution in [0.25, 0.3) is 22.5 Å². The molecule has 0 amide bonds. The maximum absolute atomic E-state index is 4.07. The maximum Gasteiger partial charge on any atom is 0.182 e. The van der Waals surface area contributed by atoms with Gasteiger partial charge in [-0.2, -0.15) is 0 Å². The highest BCUT2D eigenvalue weighted by atomic mass is 15.5. The lowest BCUT2D eigenvalue weighted by atomic mass is 9.99. The fourth-order valence-corrected chi connectivity index (χ4v) is 2.01. The van der Waals surface area contributed by atoms with E-state index in [4.69, 9.17) is 0 Å². The van der Waals surface area contributed by atoms with Gasteiger partial charge in [-0.05, 0) is 21.6 Å². The average molecular weight is 236 g/mol. The lowest BCUT2D eigenvalue weighted by molar-refractivity contribution is 0.715. The summed E-state index contributed by atoms with van der Waals surface area (Å²) in [5.41, 5.74) is 3.34. The molecule has 0 aliphatic rings. The molecule has 0 aliphatic carbocycles. The van der Waals surface area contributed by atoms with Crippen LogP contribution in [-0.2, 0) is 7.05 Å². The molecule has 4 nitrogen and oxygen atoms in total. The highest BCUT2D eigenvalue weighted by Crippen LogP contribution is 2.29. The normalized spacial score (nSPS) is 10.5. The van der Waals surface area contributed by atoms with Crippen molar-refractivity contribution in [3.8, 4) is 22.5 Å². The summed E-state index contributed by atoms with van der Waals surface area (Å²) in [6.07, 6.45) is 0. The first kappa shape index (κ1) is 10.7. The summed E-state index contributed by atoms with van der Waals surface area (Å²) in [5, 5.41) is 11.7. The van der Waals surface area contributed by atoms with Crippen LogP contribution in [0.3, 0.4) is 0 Å². The summed E-state index contributed by atoms with van der Waals surface area (Å²) < 4.78 is 1.68. The predicted molar refractivity (Wildman–Crippen MR) is 69.7 cm³/mol. The highest BCUT2D eigenvalue weighted by molar-refractivity contribution is 5.80. The van der Waals surface area contributed by atoms with E-state index in [9.17, 15) is 0 Å². The van der Waals surface area contributed by atoms with Crippen LogP contribution in [-0.4, -0.2) is 20.2 Å². The number of rotatable bonds is 2. The van der Waals surface area contributed by atoms with Crippen LogP contribution in [0.5, 0.6) is 0 Å². The largest absolute Gasteiger partial charge is 0.229 e. The molecular formula is C14H12N4. The van der Waals surface area contributed by atoms with E-state index in [-0.39, 0.29) is 0 Å². The van der Waals surface area contributed by atoms with Crippen LogP contribution in [0.2, 0.25) is 0 Å². The van der Waals surface area contributed by atoms with Crippen LogP contribution in [0, 0.1) is 0 Å². The Kier molecular flexibility index (Phi) is 2.61. The van der Waals surface area contributed by atoms with Gasteiger partial charge >= 0.3 is 0 Å². The molecule has 0 fully saturated rings. The van der Waals surface area contributed by atoms with E-state index < -0.39 is 0 Å². The topological polar surface area (TPSA) is 43.6 Å². The molecule has 0 unspecified atom stereocenters. The number of hydrogen-bond acceptors (Lipinski definition) is 3. The van der Waals surface area contributed by atoms with Crippen LogP contribution in [0.15, 0.2) is 54.6 Å². The Hall–Kier alpha value is -2.49. The second-order valence-electron chi connectivity index (χ2n) is 4.04. The van der Waals surface area contributed by atoms with Crippen molar-refractivity contribution in [1.82, 2.24) is 20.2 Å². The van der Waals surface area contributed by atoms with Gasteiger partial charge in [-0.25, -0.2) is 4.68 Å². The van der Waals surface area contributed by atoms with Gasteiger partial charge in [-0.1, -0.05) is 54.6 Å². The number of aryl methyl sites for hydroxylation is 1. The van der Waals surface area contributed by atoms with Crippen molar-refractivity contribution in [2.24, 2.45) is 7.05 Å². The molecule has 0 atom stereocenters. The molecule has 0 radical (unpaired) electrons. The Morgan fingerprint density at radius 1 is 0.833 bits per heavy atom. The predicted octanol–water partition coefficient (Wildman–Crippen LogP) is 2.54. The Morgan fingerprint density at radius 3 is 2.17 bits per heavy atom. The van der Waals surface area contributed by atoms with Gasteiger partial charge in [0.2, 0.25) is 0 Å². The molecule has 0 aliphatic heterocycles. The zero-order valence-corrected chi connectivity index (χ0v) is 9.99. The van der Waals surface area contributed by atoms with Crippen molar-refractivity contribution in [3.63, 3.8) is 0 Å². The molecule has 18 heavy (non-hydrogen) atoms. The van der Waals surface area contributed by atoms with Crippen LogP contribution < -0.4 is 0 Å². The van der Waals surface area contributed by atoms with Crippen molar-refractivity contribution in [1.29, 1.82) is 0 Å². The third kappa shape index (κ3) is 1.78. The first-order chi connectivity index (χ1) is 8.86. The second-order valence-corrected chi connectivity index (χ2v) is 4.04. The van der Waals surface area contributed by atoms with Gasteiger partial charge < -0.3 is 0 Å². The summed E-state index contributed by atoms with van der Waals surface area (Å²) in [6, 6.07) is 18.4. The van der Waals surface area contributed by atoms with E-state index in [1.165, 1.54) is 0 Å². The monoisotopic (exact) mass is 236 g/mol. The Labute approximate surface area is 105 Å². The molecular weight excluding hydrogens is 224 g/mol. The number of hydrogen-bond donors (Lipinski definition) is 0. The molecule has 3 aromatic rings. The van der Waals surface area contributed by atoms with Gasteiger partial charge in [0.25, 0.3) is 0 Å². The van der Waals surface area contributed by atoms with Crippen molar-refractivity contribution in [2.75, 3.05) is 0 Å². The highest BCUT2D eigenvalue weighted by Gasteiger charge is 2.11. The van der Waals surface area contributed by atoms with Crippen molar-refractivity contribution >= 4 is 0 Å². The van der Waals surface area contributed by atoms with Crippen LogP contribution in [0.4, 0.5) is 0 Å². The molecule has 0 saturated carbocycles. The summed E-state index contributed by atoms with van der Waals surface area (Å²) >= 11 is 0. The molecule has 0 spiro atoms. The first-order valence-corrected chi connectivity index (χ1v) is 5.73. The molecule has 1 heterocycles. The molecule has 4 heteroatoms. The van der Waals surface area contributed by atoms with Gasteiger partial charge in [0.1, 0.15) is 0 Å². The maximum atomic E-state index is 4.07. The third-order valence-corrected chi connectivity index (χ3v) is 2.87. The third-order valence-electron chi connectivity index (χ3n) is 2.87. The first-order valence-electron chi connectivity index (χ1n) is 5.73. The molecule has 1 aromatic heterocycles. The zero-order chi connectivity index (χ0) is 12.4. The average Bonchev–Trinajstić information content (AvgIpc) is 2.86. The van der Waals surface area contributed by atoms with Crippen LogP contribution in [0.1, 0.15) is 0 Å². The van der Waals surface area contributed by atoms with Crippen LogP contribution >= 0.6 is 0 Å². The quantitative estimate of drug-likeness (QED) is 0.686. The Bertz CT molecular complexity index is 658. The smallest absolute Gasteiger partial charge is 0.182 e. The second kappa shape index (κ2) is 4.41. The van der Waals surface area contributed by atoms with Crippen molar-refractivity contribution in [3.05, 3.63) is 54.6 Å². The summed E-state index contributed by atoms with van der Waals surface area (Å²) in [4.78, 5) is 0. The van der Waals surface area contributed by atoms with Gasteiger partial charge in [0.05, 0.1) is 0 Å². The van der Waals surface area contributed by atoms with Gasteiger partial charge in [-0.15, -0.1) is 5.10 Å². The number of tetrazole rings is 1. The molecule has 88 valence electrons. The molecule has 0 bridgehead atoms. The Morgan fingerprint density at radius 2 is 1.50 bits per heavy atom. The van der Waals surface area contributed by atoms with E-state index in [1.54, 1.807) is 4.68 Å². The van der Waals surface area contributed by atoms with E-state index in [2.05, 4.69) is 33.7 Å². The van der Waals surface area contributed by atoms with E-state index in [0.717, 1.165) is 22.5 Å². The van der Waals surface area contributed by atoms with Gasteiger partial charge in [0, 0.05) is 12.6 Å². The minimum absolute atomic E-state index is 0.773. The number of aromatic nitrogens is 4. The number of benzene rings is 2. The SMILES string of the molecule is Cn1nnnc1-c1ccccc1-c1ccccc1. The minimum Gasteiger partial charge on any atom is -0.229 e. The standard InChI is InChI=1S/C14H12N4/c1-18-14(15-16-17-18)13-10-6-5-9-12(13)11-7-3-2-4-8-11/h2-10H,1H3. The molecule has 0 N–H and O–H groups in total. The summed E-state index contributed by atoms with van der Waals surface area (Å²) in [5.74, 6) is 0.773. The molecule has 0 saturated heterocycles. The van der Waals surface area contributed by atoms with E-state index in [1.807, 2.05) is 43.4 Å². The lowest BCUT2D eigenvalue weighted by Gasteiger charge is -2.07. The molecule has 2 aromatic carbocycles. The fraction of sp³-hybridized carbons (Fsp3) is 0.0714. The van der Waals surface area contributed by atoms with E-state index in [0.29, 0.717) is 0 Å². The zero-order valence-electron chi connectivity index (χ0n) is 9.99. The Balaban J connectivity index is 2.21. The van der Waals surface area contributed by atoms with Crippen molar-refractivity contribution < 1.29 is 0 Å². The number of nitrogens with zero attached hydrogens (tertiary/aromatic N) is 4. The lowest BCUT2D eigenvalue weighted by Crippen LogP contribution is -1.96. The summed E-state index contributed by atoms with van der Waals surface area (Å²) in [6.45, 7) is 0. The molecule has 3 rings (SSSR count). The minimum atomic E-state index is 0.773. The summed E-state index contributed by atoms with van der Waals surface area (Å²) in [7, 11) is 1.84. The fourth-order valence-electron chi connectivity index (χ4n) is 2.01. The van der Waals surface area contributed by atoms with Crippen molar-refractivity contribution in [2.45, 2.75) is 0 Å². The van der Waals surface area contributed by atoms with Gasteiger partial charge in [0.15, 0.2) is 5.82 Å². The van der Waals surface area contributed by atoms with Gasteiger partial charge in [-0.3, -0.25) is 0 Å². The van der Waals surface area contributed by atoms with E-state index >= 15 is 0 Å².